The number of fused-ring (bicyclic) bond motifs is 1. The SMILES string of the molecule is Cc1ccc(O)c(C(=O)N2CCOc3ccccc3C2)c1. The van der Waals surface area contributed by atoms with Gasteiger partial charge in [0.05, 0.1) is 12.1 Å². The summed E-state index contributed by atoms with van der Waals surface area (Å²) >= 11 is 0. The second kappa shape index (κ2) is 5.48. The van der Waals surface area contributed by atoms with Crippen LogP contribution in [0, 0.1) is 6.92 Å². The Kier molecular flexibility index (Phi) is 3.52. The first-order valence-corrected chi connectivity index (χ1v) is 6.95. The molecule has 0 saturated heterocycles. The molecule has 1 amide bonds. The molecule has 1 N–H and O–H groups in total. The number of ether oxygens (including phenoxy) is 1. The number of phenols is 1. The van der Waals surface area contributed by atoms with E-state index in [0.29, 0.717) is 25.3 Å². The van der Waals surface area contributed by atoms with E-state index in [1.54, 1.807) is 23.1 Å². The predicted octanol–water partition coefficient (Wildman–Crippen LogP) is 2.74. The normalized spacial score (nSPS) is 14.0. The fourth-order valence-electron chi connectivity index (χ4n) is 2.49. The smallest absolute Gasteiger partial charge is 0.258 e. The van der Waals surface area contributed by atoms with Crippen LogP contribution in [0.15, 0.2) is 42.5 Å². The highest BCUT2D eigenvalue weighted by Crippen LogP contribution is 2.25. The van der Waals surface area contributed by atoms with Gasteiger partial charge in [-0.25, -0.2) is 0 Å². The minimum atomic E-state index is -0.170. The lowest BCUT2D eigenvalue weighted by molar-refractivity contribution is 0.0730. The number of phenolic OH excluding ortho intramolecular Hbond substituents is 1. The number of carbonyl (C=O) groups excluding carboxylic acids is 1. The highest BCUT2D eigenvalue weighted by Gasteiger charge is 2.22. The van der Waals surface area contributed by atoms with Crippen molar-refractivity contribution in [3.63, 3.8) is 0 Å². The number of rotatable bonds is 1. The molecule has 1 heterocycles. The fourth-order valence-corrected chi connectivity index (χ4v) is 2.49. The van der Waals surface area contributed by atoms with Crippen molar-refractivity contribution in [2.75, 3.05) is 13.2 Å². The summed E-state index contributed by atoms with van der Waals surface area (Å²) in [5.41, 5.74) is 2.27. The minimum absolute atomic E-state index is 0.0176. The molecule has 108 valence electrons. The minimum Gasteiger partial charge on any atom is -0.507 e. The Bertz CT molecular complexity index is 681. The van der Waals surface area contributed by atoms with Crippen LogP contribution >= 0.6 is 0 Å². The van der Waals surface area contributed by atoms with Crippen LogP contribution in [0.3, 0.4) is 0 Å². The Hall–Kier alpha value is -2.49. The first-order valence-electron chi connectivity index (χ1n) is 6.95. The van der Waals surface area contributed by atoms with Crippen molar-refractivity contribution in [1.29, 1.82) is 0 Å². The molecular formula is C17H17NO3. The van der Waals surface area contributed by atoms with E-state index in [9.17, 15) is 9.90 Å². The molecule has 0 aromatic heterocycles. The number of nitrogens with zero attached hydrogens (tertiary/aromatic N) is 1. The van der Waals surface area contributed by atoms with Crippen molar-refractivity contribution in [2.45, 2.75) is 13.5 Å². The molecule has 2 aromatic carbocycles. The summed E-state index contributed by atoms with van der Waals surface area (Å²) in [5, 5.41) is 9.92. The summed E-state index contributed by atoms with van der Waals surface area (Å²) in [6, 6.07) is 12.8. The number of hydrogen-bond acceptors (Lipinski definition) is 3. The number of amides is 1. The maximum absolute atomic E-state index is 12.6. The van der Waals surface area contributed by atoms with Crippen molar-refractivity contribution in [1.82, 2.24) is 4.90 Å². The van der Waals surface area contributed by atoms with Crippen LogP contribution in [0.25, 0.3) is 0 Å². The molecular weight excluding hydrogens is 266 g/mol. The Morgan fingerprint density at radius 3 is 2.90 bits per heavy atom. The van der Waals surface area contributed by atoms with E-state index in [1.165, 1.54) is 0 Å². The first-order chi connectivity index (χ1) is 10.1. The zero-order valence-electron chi connectivity index (χ0n) is 11.9. The molecule has 0 unspecified atom stereocenters. The van der Waals surface area contributed by atoms with E-state index >= 15 is 0 Å². The van der Waals surface area contributed by atoms with Gasteiger partial charge in [0, 0.05) is 12.1 Å². The monoisotopic (exact) mass is 283 g/mol. The number of aryl methyl sites for hydroxylation is 1. The second-order valence-corrected chi connectivity index (χ2v) is 5.20. The third-order valence-corrected chi connectivity index (χ3v) is 3.62. The average Bonchev–Trinajstić information content (AvgIpc) is 2.71. The molecule has 1 aliphatic rings. The van der Waals surface area contributed by atoms with Gasteiger partial charge in [0.1, 0.15) is 18.1 Å². The number of hydrogen-bond donors (Lipinski definition) is 1. The quantitative estimate of drug-likeness (QED) is 0.875. The van der Waals surface area contributed by atoms with Gasteiger partial charge in [-0.05, 0) is 25.1 Å². The lowest BCUT2D eigenvalue weighted by atomic mass is 10.1. The topological polar surface area (TPSA) is 49.8 Å². The maximum atomic E-state index is 12.6. The first kappa shape index (κ1) is 13.5. The molecule has 0 atom stereocenters. The number of benzene rings is 2. The molecule has 0 spiro atoms. The van der Waals surface area contributed by atoms with Crippen LogP contribution in [-0.2, 0) is 6.54 Å². The van der Waals surface area contributed by atoms with E-state index in [2.05, 4.69) is 0 Å². The van der Waals surface area contributed by atoms with Gasteiger partial charge < -0.3 is 14.7 Å². The van der Waals surface area contributed by atoms with Crippen LogP contribution in [0.5, 0.6) is 11.5 Å². The molecule has 3 rings (SSSR count). The zero-order valence-corrected chi connectivity index (χ0v) is 11.9. The molecule has 0 saturated carbocycles. The Morgan fingerprint density at radius 1 is 1.24 bits per heavy atom. The molecule has 2 aromatic rings. The molecule has 0 bridgehead atoms. The van der Waals surface area contributed by atoms with Crippen molar-refractivity contribution >= 4 is 5.91 Å². The van der Waals surface area contributed by atoms with Gasteiger partial charge in [-0.2, -0.15) is 0 Å². The molecule has 21 heavy (non-hydrogen) atoms. The number of carbonyl (C=O) groups is 1. The lowest BCUT2D eigenvalue weighted by Gasteiger charge is -2.20. The van der Waals surface area contributed by atoms with Gasteiger partial charge in [-0.3, -0.25) is 4.79 Å². The van der Waals surface area contributed by atoms with Crippen molar-refractivity contribution in [3.05, 3.63) is 59.2 Å². The van der Waals surface area contributed by atoms with Crippen LogP contribution in [0.1, 0.15) is 21.5 Å². The van der Waals surface area contributed by atoms with Gasteiger partial charge in [0.25, 0.3) is 5.91 Å². The standard InChI is InChI=1S/C17H17NO3/c1-12-6-7-15(19)14(10-12)17(20)18-8-9-21-16-5-3-2-4-13(16)11-18/h2-7,10,19H,8-9,11H2,1H3. The maximum Gasteiger partial charge on any atom is 0.258 e. The summed E-state index contributed by atoms with van der Waals surface area (Å²) in [6.07, 6.45) is 0. The molecule has 4 nitrogen and oxygen atoms in total. The zero-order chi connectivity index (χ0) is 14.8. The summed E-state index contributed by atoms with van der Waals surface area (Å²) in [5.74, 6) is 0.668. The summed E-state index contributed by atoms with van der Waals surface area (Å²) < 4.78 is 5.66. The van der Waals surface area contributed by atoms with Crippen LogP contribution in [0.2, 0.25) is 0 Å². The third kappa shape index (κ3) is 2.70. The van der Waals surface area contributed by atoms with Crippen LogP contribution in [-0.4, -0.2) is 29.1 Å². The molecule has 4 heteroatoms. The largest absolute Gasteiger partial charge is 0.507 e. The Balaban J connectivity index is 1.90. The fraction of sp³-hybridized carbons (Fsp3) is 0.235. The average molecular weight is 283 g/mol. The van der Waals surface area contributed by atoms with Crippen molar-refractivity contribution in [3.8, 4) is 11.5 Å². The van der Waals surface area contributed by atoms with Crippen LogP contribution < -0.4 is 4.74 Å². The van der Waals surface area contributed by atoms with Crippen molar-refractivity contribution < 1.29 is 14.6 Å². The number of para-hydroxylation sites is 1. The Morgan fingerprint density at radius 2 is 2.05 bits per heavy atom. The van der Waals surface area contributed by atoms with Gasteiger partial charge >= 0.3 is 0 Å². The van der Waals surface area contributed by atoms with Crippen LogP contribution in [0.4, 0.5) is 0 Å². The summed E-state index contributed by atoms with van der Waals surface area (Å²) in [4.78, 5) is 14.4. The molecule has 0 aliphatic carbocycles. The lowest BCUT2D eigenvalue weighted by Crippen LogP contribution is -2.32. The molecule has 0 fully saturated rings. The van der Waals surface area contributed by atoms with Gasteiger partial charge in [0.2, 0.25) is 0 Å². The summed E-state index contributed by atoms with van der Waals surface area (Å²) in [7, 11) is 0. The van der Waals surface area contributed by atoms with Crippen molar-refractivity contribution in [2.24, 2.45) is 0 Å². The van der Waals surface area contributed by atoms with Gasteiger partial charge in [0.15, 0.2) is 0 Å². The van der Waals surface area contributed by atoms with E-state index in [-0.39, 0.29) is 11.7 Å². The van der Waals surface area contributed by atoms with E-state index in [1.807, 2.05) is 31.2 Å². The van der Waals surface area contributed by atoms with E-state index in [0.717, 1.165) is 16.9 Å². The number of aromatic hydroxyl groups is 1. The van der Waals surface area contributed by atoms with Gasteiger partial charge in [-0.15, -0.1) is 0 Å². The Labute approximate surface area is 123 Å². The highest BCUT2D eigenvalue weighted by molar-refractivity contribution is 5.97. The third-order valence-electron chi connectivity index (χ3n) is 3.62. The van der Waals surface area contributed by atoms with E-state index < -0.39 is 0 Å². The second-order valence-electron chi connectivity index (χ2n) is 5.20. The molecule has 0 radical (unpaired) electrons. The molecule has 1 aliphatic heterocycles. The predicted molar refractivity (Wildman–Crippen MR) is 79.5 cm³/mol. The van der Waals surface area contributed by atoms with E-state index in [4.69, 9.17) is 4.74 Å². The summed E-state index contributed by atoms with van der Waals surface area (Å²) in [6.45, 7) is 3.34. The highest BCUT2D eigenvalue weighted by atomic mass is 16.5. The van der Waals surface area contributed by atoms with Gasteiger partial charge in [-0.1, -0.05) is 29.8 Å².